The molecule has 1 heterocycles. The molecule has 1 aromatic carbocycles. The molecule has 2 atom stereocenters. The lowest BCUT2D eigenvalue weighted by atomic mass is 10.1. The molecular weight excluding hydrogens is 234 g/mol. The van der Waals surface area contributed by atoms with Crippen LogP contribution in [0.3, 0.4) is 0 Å². The maximum absolute atomic E-state index is 5.71. The number of nitrogens with one attached hydrogen (secondary N) is 1. The highest BCUT2D eigenvalue weighted by molar-refractivity contribution is 5.48. The normalized spacial score (nSPS) is 19.8. The number of benzene rings is 1. The Bertz CT molecular complexity index is 346. The molecular formula is C16H29N3. The minimum absolute atomic E-state index is 0.100. The van der Waals surface area contributed by atoms with E-state index in [9.17, 15) is 0 Å². The molecule has 0 radical (unpaired) electrons. The van der Waals surface area contributed by atoms with E-state index in [2.05, 4.69) is 41.4 Å². The standard InChI is InChI=1S/C14H23N3.C2H6/c1-11-3-5-14(6-4-11)17-8-7-13(10-17)9-16-12(2)15;1-2/h3-6,12-13,16H,7-10,15H2,1-2H3;1-2H3. The average Bonchev–Trinajstić information content (AvgIpc) is 2.88. The van der Waals surface area contributed by atoms with Crippen molar-refractivity contribution in [2.24, 2.45) is 11.7 Å². The molecule has 0 amide bonds. The average molecular weight is 263 g/mol. The Balaban J connectivity index is 0.000000861. The van der Waals surface area contributed by atoms with E-state index in [1.807, 2.05) is 20.8 Å². The molecule has 1 aliphatic heterocycles. The van der Waals surface area contributed by atoms with Crippen LogP contribution in [0.25, 0.3) is 0 Å². The summed E-state index contributed by atoms with van der Waals surface area (Å²) in [7, 11) is 0. The van der Waals surface area contributed by atoms with E-state index in [4.69, 9.17) is 5.73 Å². The molecule has 108 valence electrons. The minimum atomic E-state index is 0.100. The second kappa shape index (κ2) is 8.18. The zero-order valence-corrected chi connectivity index (χ0v) is 12.8. The monoisotopic (exact) mass is 263 g/mol. The van der Waals surface area contributed by atoms with Gasteiger partial charge in [-0.15, -0.1) is 0 Å². The lowest BCUT2D eigenvalue weighted by Gasteiger charge is -2.19. The molecule has 3 nitrogen and oxygen atoms in total. The van der Waals surface area contributed by atoms with Crippen LogP contribution < -0.4 is 16.0 Å². The van der Waals surface area contributed by atoms with Crippen LogP contribution in [0, 0.1) is 12.8 Å². The quantitative estimate of drug-likeness (QED) is 0.821. The van der Waals surface area contributed by atoms with Crippen LogP contribution in [0.5, 0.6) is 0 Å². The molecule has 0 aliphatic carbocycles. The Kier molecular flexibility index (Phi) is 6.89. The second-order valence-corrected chi connectivity index (χ2v) is 5.13. The fourth-order valence-electron chi connectivity index (χ4n) is 2.34. The van der Waals surface area contributed by atoms with Gasteiger partial charge in [-0.3, -0.25) is 0 Å². The van der Waals surface area contributed by atoms with Gasteiger partial charge in [0.15, 0.2) is 0 Å². The summed E-state index contributed by atoms with van der Waals surface area (Å²) in [6, 6.07) is 8.80. The molecule has 2 unspecified atom stereocenters. The van der Waals surface area contributed by atoms with Gasteiger partial charge in [-0.25, -0.2) is 0 Å². The molecule has 19 heavy (non-hydrogen) atoms. The molecule has 1 fully saturated rings. The molecule has 2 rings (SSSR count). The molecule has 0 spiro atoms. The SMILES string of the molecule is CC.Cc1ccc(N2CCC(CNC(C)N)C2)cc1. The van der Waals surface area contributed by atoms with E-state index in [-0.39, 0.29) is 6.17 Å². The number of anilines is 1. The fraction of sp³-hybridized carbons (Fsp3) is 0.625. The fourth-order valence-corrected chi connectivity index (χ4v) is 2.34. The molecule has 0 aromatic heterocycles. The molecule has 1 aromatic rings. The van der Waals surface area contributed by atoms with Crippen LogP contribution in [0.1, 0.15) is 32.8 Å². The van der Waals surface area contributed by atoms with Gasteiger partial charge in [-0.2, -0.15) is 0 Å². The summed E-state index contributed by atoms with van der Waals surface area (Å²) < 4.78 is 0. The van der Waals surface area contributed by atoms with E-state index < -0.39 is 0 Å². The predicted octanol–water partition coefficient (Wildman–Crippen LogP) is 2.74. The van der Waals surface area contributed by atoms with Crippen LogP contribution in [-0.4, -0.2) is 25.8 Å². The van der Waals surface area contributed by atoms with Gasteiger partial charge in [-0.05, 0) is 38.3 Å². The van der Waals surface area contributed by atoms with Gasteiger partial charge < -0.3 is 16.0 Å². The Hall–Kier alpha value is -1.06. The highest BCUT2D eigenvalue weighted by atomic mass is 15.2. The zero-order valence-electron chi connectivity index (χ0n) is 12.8. The minimum Gasteiger partial charge on any atom is -0.371 e. The third-order valence-electron chi connectivity index (χ3n) is 3.41. The van der Waals surface area contributed by atoms with Gasteiger partial charge in [0.25, 0.3) is 0 Å². The highest BCUT2D eigenvalue weighted by Crippen LogP contribution is 2.23. The Morgan fingerprint density at radius 2 is 1.95 bits per heavy atom. The van der Waals surface area contributed by atoms with Crippen molar-refractivity contribution in [3.63, 3.8) is 0 Å². The van der Waals surface area contributed by atoms with E-state index in [0.29, 0.717) is 0 Å². The number of nitrogens with two attached hydrogens (primary N) is 1. The number of hydrogen-bond acceptors (Lipinski definition) is 3. The van der Waals surface area contributed by atoms with Crippen molar-refractivity contribution in [1.29, 1.82) is 0 Å². The first-order valence-electron chi connectivity index (χ1n) is 7.46. The zero-order chi connectivity index (χ0) is 14.3. The first-order chi connectivity index (χ1) is 9.15. The summed E-state index contributed by atoms with van der Waals surface area (Å²) in [5.74, 6) is 0.724. The number of aryl methyl sites for hydroxylation is 1. The van der Waals surface area contributed by atoms with Crippen LogP contribution in [0.2, 0.25) is 0 Å². The first kappa shape index (κ1) is 16.0. The van der Waals surface area contributed by atoms with E-state index >= 15 is 0 Å². The topological polar surface area (TPSA) is 41.3 Å². The summed E-state index contributed by atoms with van der Waals surface area (Å²) in [6.07, 6.45) is 1.36. The van der Waals surface area contributed by atoms with Crippen molar-refractivity contribution < 1.29 is 0 Å². The summed E-state index contributed by atoms with van der Waals surface area (Å²) >= 11 is 0. The number of hydrogen-bond donors (Lipinski definition) is 2. The largest absolute Gasteiger partial charge is 0.371 e. The van der Waals surface area contributed by atoms with Gasteiger partial charge in [0.1, 0.15) is 0 Å². The van der Waals surface area contributed by atoms with Crippen molar-refractivity contribution in [3.05, 3.63) is 29.8 Å². The molecule has 0 bridgehead atoms. The Morgan fingerprint density at radius 3 is 2.53 bits per heavy atom. The van der Waals surface area contributed by atoms with Crippen LogP contribution in [0.15, 0.2) is 24.3 Å². The van der Waals surface area contributed by atoms with Crippen molar-refractivity contribution in [2.75, 3.05) is 24.5 Å². The lowest BCUT2D eigenvalue weighted by Crippen LogP contribution is -2.38. The first-order valence-corrected chi connectivity index (χ1v) is 7.46. The summed E-state index contributed by atoms with van der Waals surface area (Å²) in [4.78, 5) is 2.47. The maximum atomic E-state index is 5.71. The molecule has 1 aliphatic rings. The van der Waals surface area contributed by atoms with E-state index in [1.165, 1.54) is 17.7 Å². The Morgan fingerprint density at radius 1 is 1.32 bits per heavy atom. The van der Waals surface area contributed by atoms with Gasteiger partial charge in [0.05, 0.1) is 6.17 Å². The van der Waals surface area contributed by atoms with Crippen molar-refractivity contribution >= 4 is 5.69 Å². The van der Waals surface area contributed by atoms with Crippen molar-refractivity contribution in [3.8, 4) is 0 Å². The van der Waals surface area contributed by atoms with Gasteiger partial charge in [-0.1, -0.05) is 31.5 Å². The van der Waals surface area contributed by atoms with Crippen LogP contribution >= 0.6 is 0 Å². The molecule has 3 N–H and O–H groups in total. The van der Waals surface area contributed by atoms with Crippen molar-refractivity contribution in [1.82, 2.24) is 5.32 Å². The van der Waals surface area contributed by atoms with E-state index in [0.717, 1.165) is 25.6 Å². The molecule has 1 saturated heterocycles. The lowest BCUT2D eigenvalue weighted by molar-refractivity contribution is 0.470. The van der Waals surface area contributed by atoms with Gasteiger partial charge >= 0.3 is 0 Å². The molecule has 3 heteroatoms. The summed E-state index contributed by atoms with van der Waals surface area (Å²) in [5.41, 5.74) is 8.38. The number of rotatable bonds is 4. The maximum Gasteiger partial charge on any atom is 0.0517 e. The van der Waals surface area contributed by atoms with Crippen LogP contribution in [0.4, 0.5) is 5.69 Å². The second-order valence-electron chi connectivity index (χ2n) is 5.13. The smallest absolute Gasteiger partial charge is 0.0517 e. The van der Waals surface area contributed by atoms with Gasteiger partial charge in [0.2, 0.25) is 0 Å². The summed E-state index contributed by atoms with van der Waals surface area (Å²) in [6.45, 7) is 11.5. The highest BCUT2D eigenvalue weighted by Gasteiger charge is 2.22. The van der Waals surface area contributed by atoms with Crippen molar-refractivity contribution in [2.45, 2.75) is 40.3 Å². The predicted molar refractivity (Wildman–Crippen MR) is 84.5 cm³/mol. The molecule has 0 saturated carbocycles. The number of nitrogens with zero attached hydrogens (tertiary/aromatic N) is 1. The summed E-state index contributed by atoms with van der Waals surface area (Å²) in [5, 5.41) is 3.32. The third kappa shape index (κ3) is 5.21. The third-order valence-corrected chi connectivity index (χ3v) is 3.41. The Labute approximate surface area is 118 Å². The van der Waals surface area contributed by atoms with Crippen LogP contribution in [-0.2, 0) is 0 Å². The van der Waals surface area contributed by atoms with E-state index in [1.54, 1.807) is 0 Å². The van der Waals surface area contributed by atoms with Gasteiger partial charge in [0, 0.05) is 25.3 Å².